The Bertz CT molecular complexity index is 1130. The average Bonchev–Trinajstić information content (AvgIpc) is 3.12. The normalized spacial score (nSPS) is 13.6. The maximum absolute atomic E-state index is 10.2. The fourth-order valence-corrected chi connectivity index (χ4v) is 4.89. The summed E-state index contributed by atoms with van der Waals surface area (Å²) in [6.07, 6.45) is 3.87. The molecular formula is C29H40N4. The highest BCUT2D eigenvalue weighted by atomic mass is 15.3. The van der Waals surface area contributed by atoms with Gasteiger partial charge in [0.1, 0.15) is 0 Å². The fourth-order valence-electron chi connectivity index (χ4n) is 4.89. The van der Waals surface area contributed by atoms with Crippen molar-refractivity contribution in [1.29, 1.82) is 5.26 Å². The molecule has 0 aliphatic carbocycles. The van der Waals surface area contributed by atoms with Crippen molar-refractivity contribution >= 4 is 10.9 Å². The molecule has 0 aliphatic heterocycles. The molecule has 0 aliphatic rings. The lowest BCUT2D eigenvalue weighted by Crippen LogP contribution is -2.32. The SMILES string of the molecule is CCc1nn(C)c2cc(CCN(C)CCCC(C#N)(c3ccc(C)c(C)c3)C(C)C)ccc12. The summed E-state index contributed by atoms with van der Waals surface area (Å²) in [4.78, 5) is 2.40. The number of nitrogens with zero attached hydrogens (tertiary/aromatic N) is 4. The molecule has 0 spiro atoms. The zero-order chi connectivity index (χ0) is 24.2. The number of benzene rings is 2. The van der Waals surface area contributed by atoms with Gasteiger partial charge in [-0.15, -0.1) is 0 Å². The molecule has 4 nitrogen and oxygen atoms in total. The quantitative estimate of drug-likeness (QED) is 0.378. The molecule has 0 saturated heterocycles. The third-order valence-corrected chi connectivity index (χ3v) is 7.43. The van der Waals surface area contributed by atoms with Crippen LogP contribution in [0.2, 0.25) is 0 Å². The van der Waals surface area contributed by atoms with Crippen LogP contribution in [0, 0.1) is 31.1 Å². The van der Waals surface area contributed by atoms with Crippen LogP contribution in [0.25, 0.3) is 10.9 Å². The van der Waals surface area contributed by atoms with Gasteiger partial charge in [0.2, 0.25) is 0 Å². The van der Waals surface area contributed by atoms with E-state index in [0.29, 0.717) is 0 Å². The Morgan fingerprint density at radius 2 is 1.85 bits per heavy atom. The van der Waals surface area contributed by atoms with Crippen LogP contribution in [0.5, 0.6) is 0 Å². The lowest BCUT2D eigenvalue weighted by atomic mass is 9.69. The minimum Gasteiger partial charge on any atom is -0.306 e. The molecule has 1 unspecified atom stereocenters. The van der Waals surface area contributed by atoms with Crippen molar-refractivity contribution in [3.63, 3.8) is 0 Å². The van der Waals surface area contributed by atoms with E-state index in [1.807, 2.05) is 11.7 Å². The van der Waals surface area contributed by atoms with Gasteiger partial charge in [-0.25, -0.2) is 0 Å². The molecule has 1 aromatic heterocycles. The molecule has 3 rings (SSSR count). The van der Waals surface area contributed by atoms with Gasteiger partial charge >= 0.3 is 0 Å². The number of aromatic nitrogens is 2. The van der Waals surface area contributed by atoms with E-state index in [9.17, 15) is 5.26 Å². The zero-order valence-corrected chi connectivity index (χ0v) is 21.6. The molecule has 0 fully saturated rings. The Labute approximate surface area is 200 Å². The van der Waals surface area contributed by atoms with E-state index in [-0.39, 0.29) is 5.92 Å². The Morgan fingerprint density at radius 3 is 2.48 bits per heavy atom. The van der Waals surface area contributed by atoms with Gasteiger partial charge in [0.15, 0.2) is 0 Å². The number of aryl methyl sites for hydroxylation is 4. The molecular weight excluding hydrogens is 404 g/mol. The van der Waals surface area contributed by atoms with Gasteiger partial charge in [-0.1, -0.05) is 51.1 Å². The highest BCUT2D eigenvalue weighted by Gasteiger charge is 2.35. The first kappa shape index (κ1) is 25.0. The van der Waals surface area contributed by atoms with Crippen LogP contribution in [-0.2, 0) is 25.3 Å². The topological polar surface area (TPSA) is 44.9 Å². The summed E-state index contributed by atoms with van der Waals surface area (Å²) in [5, 5.41) is 16.1. The summed E-state index contributed by atoms with van der Waals surface area (Å²) in [6.45, 7) is 12.8. The Morgan fingerprint density at radius 1 is 1.09 bits per heavy atom. The number of hydrogen-bond donors (Lipinski definition) is 0. The van der Waals surface area contributed by atoms with Gasteiger partial charge in [0, 0.05) is 19.0 Å². The van der Waals surface area contributed by atoms with Gasteiger partial charge < -0.3 is 4.90 Å². The first-order chi connectivity index (χ1) is 15.7. The Kier molecular flexibility index (Phi) is 7.97. The third-order valence-electron chi connectivity index (χ3n) is 7.43. The highest BCUT2D eigenvalue weighted by molar-refractivity contribution is 5.82. The first-order valence-corrected chi connectivity index (χ1v) is 12.3. The van der Waals surface area contributed by atoms with Gasteiger partial charge in [0.25, 0.3) is 0 Å². The van der Waals surface area contributed by atoms with Gasteiger partial charge in [-0.3, -0.25) is 4.68 Å². The second-order valence-corrected chi connectivity index (χ2v) is 9.97. The molecule has 176 valence electrons. The lowest BCUT2D eigenvalue weighted by molar-refractivity contribution is 0.294. The number of hydrogen-bond acceptors (Lipinski definition) is 3. The van der Waals surface area contributed by atoms with Crippen molar-refractivity contribution in [2.45, 2.75) is 65.7 Å². The summed E-state index contributed by atoms with van der Waals surface area (Å²) in [6, 6.07) is 16.0. The number of fused-ring (bicyclic) bond motifs is 1. The monoisotopic (exact) mass is 444 g/mol. The van der Waals surface area contributed by atoms with Crippen molar-refractivity contribution < 1.29 is 0 Å². The maximum Gasteiger partial charge on any atom is 0.0845 e. The van der Waals surface area contributed by atoms with E-state index in [0.717, 1.165) is 38.8 Å². The van der Waals surface area contributed by atoms with Crippen LogP contribution in [0.15, 0.2) is 36.4 Å². The molecule has 0 radical (unpaired) electrons. The van der Waals surface area contributed by atoms with E-state index in [1.54, 1.807) is 0 Å². The molecule has 1 atom stereocenters. The van der Waals surface area contributed by atoms with Crippen molar-refractivity contribution in [3.05, 3.63) is 64.3 Å². The smallest absolute Gasteiger partial charge is 0.0845 e. The van der Waals surface area contributed by atoms with E-state index >= 15 is 0 Å². The van der Waals surface area contributed by atoms with Crippen LogP contribution >= 0.6 is 0 Å². The molecule has 1 heterocycles. The Balaban J connectivity index is 1.61. The highest BCUT2D eigenvalue weighted by Crippen LogP contribution is 2.37. The minimum atomic E-state index is -0.430. The summed E-state index contributed by atoms with van der Waals surface area (Å²) in [5.41, 5.74) is 7.03. The number of likely N-dealkylation sites (N-methyl/N-ethyl adjacent to an activating group) is 1. The minimum absolute atomic E-state index is 0.272. The average molecular weight is 445 g/mol. The standard InChI is InChI=1S/C29H40N4/c1-8-27-26-13-11-24(19-28(26)33(7)31-27)14-17-32(6)16-9-15-29(20-30,21(2)3)25-12-10-22(4)23(5)18-25/h10-13,18-19,21H,8-9,14-17H2,1-7H3. The summed E-state index contributed by atoms with van der Waals surface area (Å²) in [5.74, 6) is 0.272. The lowest BCUT2D eigenvalue weighted by Gasteiger charge is -2.32. The van der Waals surface area contributed by atoms with Crippen LogP contribution in [-0.4, -0.2) is 34.8 Å². The molecule has 0 N–H and O–H groups in total. The molecule has 0 bridgehead atoms. The van der Waals surface area contributed by atoms with Crippen LogP contribution in [0.3, 0.4) is 0 Å². The van der Waals surface area contributed by atoms with Crippen molar-refractivity contribution in [2.75, 3.05) is 20.1 Å². The predicted molar refractivity (Wildman–Crippen MR) is 139 cm³/mol. The molecule has 4 heteroatoms. The van der Waals surface area contributed by atoms with E-state index in [4.69, 9.17) is 0 Å². The van der Waals surface area contributed by atoms with Crippen LogP contribution in [0.1, 0.15) is 61.6 Å². The fraction of sp³-hybridized carbons (Fsp3) is 0.517. The van der Waals surface area contributed by atoms with Gasteiger partial charge in [-0.2, -0.15) is 10.4 Å². The van der Waals surface area contributed by atoms with Gasteiger partial charge in [0.05, 0.1) is 22.7 Å². The van der Waals surface area contributed by atoms with E-state index in [1.165, 1.54) is 38.9 Å². The molecule has 2 aromatic carbocycles. The Hall–Kier alpha value is -2.64. The molecule has 0 amide bonds. The summed E-state index contributed by atoms with van der Waals surface area (Å²) < 4.78 is 2.00. The maximum atomic E-state index is 10.2. The predicted octanol–water partition coefficient (Wildman–Crippen LogP) is 6.12. The van der Waals surface area contributed by atoms with E-state index in [2.05, 4.69) is 94.1 Å². The third kappa shape index (κ3) is 5.31. The van der Waals surface area contributed by atoms with Crippen molar-refractivity contribution in [3.8, 4) is 6.07 Å². The number of nitriles is 1. The second kappa shape index (κ2) is 10.5. The van der Waals surface area contributed by atoms with Gasteiger partial charge in [-0.05, 0) is 87.4 Å². The van der Waals surface area contributed by atoms with Crippen LogP contribution in [0.4, 0.5) is 0 Å². The van der Waals surface area contributed by atoms with Crippen molar-refractivity contribution in [2.24, 2.45) is 13.0 Å². The largest absolute Gasteiger partial charge is 0.306 e. The second-order valence-electron chi connectivity index (χ2n) is 9.97. The zero-order valence-electron chi connectivity index (χ0n) is 21.6. The number of rotatable bonds is 10. The van der Waals surface area contributed by atoms with Crippen LogP contribution < -0.4 is 0 Å². The molecule has 0 saturated carbocycles. The first-order valence-electron chi connectivity index (χ1n) is 12.3. The molecule has 33 heavy (non-hydrogen) atoms. The van der Waals surface area contributed by atoms with Crippen molar-refractivity contribution in [1.82, 2.24) is 14.7 Å². The summed E-state index contributed by atoms with van der Waals surface area (Å²) in [7, 11) is 4.22. The van der Waals surface area contributed by atoms with E-state index < -0.39 is 5.41 Å². The molecule has 3 aromatic rings. The summed E-state index contributed by atoms with van der Waals surface area (Å²) >= 11 is 0.